The lowest BCUT2D eigenvalue weighted by molar-refractivity contribution is 0.0438. The van der Waals surface area contributed by atoms with Gasteiger partial charge in [-0.2, -0.15) is 10.5 Å². The minimum Gasteiger partial charge on any atom is -0.416 e. The number of halogens is 1. The summed E-state index contributed by atoms with van der Waals surface area (Å²) >= 11 is 0. The minimum absolute atomic E-state index is 0.0949. The Hall–Kier alpha value is -3.85. The topological polar surface area (TPSA) is 116 Å². The van der Waals surface area contributed by atoms with Crippen LogP contribution in [0.3, 0.4) is 0 Å². The third-order valence-corrected chi connectivity index (χ3v) is 4.58. The normalized spacial score (nSPS) is 19.0. The molecule has 0 aromatic carbocycles. The van der Waals surface area contributed by atoms with Crippen LogP contribution in [0.4, 0.5) is 4.39 Å². The molecule has 3 aromatic heterocycles. The predicted molar refractivity (Wildman–Crippen MR) is 94.7 cm³/mol. The maximum atomic E-state index is 15.3. The van der Waals surface area contributed by atoms with E-state index in [0.29, 0.717) is 24.4 Å². The molecule has 9 heteroatoms. The molecule has 1 atom stereocenters. The van der Waals surface area contributed by atoms with E-state index in [1.165, 1.54) is 4.90 Å². The number of aromatic nitrogens is 4. The lowest BCUT2D eigenvalue weighted by Gasteiger charge is -2.31. The van der Waals surface area contributed by atoms with Crippen LogP contribution in [0, 0.1) is 22.8 Å². The number of alkyl halides is 1. The second-order valence-corrected chi connectivity index (χ2v) is 6.47. The highest BCUT2D eigenvalue weighted by Gasteiger charge is 2.42. The van der Waals surface area contributed by atoms with E-state index in [1.54, 1.807) is 36.7 Å². The quantitative estimate of drug-likeness (QED) is 0.642. The lowest BCUT2D eigenvalue weighted by Crippen LogP contribution is -2.41. The fourth-order valence-corrected chi connectivity index (χ4v) is 3.18. The van der Waals surface area contributed by atoms with E-state index in [2.05, 4.69) is 20.2 Å². The molecule has 28 heavy (non-hydrogen) atoms. The Morgan fingerprint density at radius 3 is 2.68 bits per heavy atom. The molecular formula is C19H14FN7O. The first-order chi connectivity index (χ1) is 13.6. The Morgan fingerprint density at radius 2 is 1.89 bits per heavy atom. The smallest absolute Gasteiger partial charge is 0.266 e. The van der Waals surface area contributed by atoms with Gasteiger partial charge in [-0.1, -0.05) is 0 Å². The van der Waals surface area contributed by atoms with Gasteiger partial charge in [0.1, 0.15) is 17.5 Å². The number of rotatable bonds is 3. The average molecular weight is 375 g/mol. The van der Waals surface area contributed by atoms with Gasteiger partial charge in [0, 0.05) is 18.9 Å². The third-order valence-electron chi connectivity index (χ3n) is 4.58. The molecule has 1 aliphatic rings. The van der Waals surface area contributed by atoms with Gasteiger partial charge in [-0.3, -0.25) is 4.98 Å². The summed E-state index contributed by atoms with van der Waals surface area (Å²) in [5.74, 6) is -0.0529. The second-order valence-electron chi connectivity index (χ2n) is 6.47. The van der Waals surface area contributed by atoms with E-state index in [0.717, 1.165) is 11.1 Å². The van der Waals surface area contributed by atoms with Crippen molar-refractivity contribution in [1.82, 2.24) is 25.1 Å². The van der Waals surface area contributed by atoms with Gasteiger partial charge in [0.2, 0.25) is 5.67 Å². The van der Waals surface area contributed by atoms with Crippen LogP contribution in [0.25, 0.3) is 22.7 Å². The van der Waals surface area contributed by atoms with E-state index >= 15 is 4.39 Å². The van der Waals surface area contributed by atoms with Crippen LogP contribution in [-0.4, -0.2) is 38.2 Å². The van der Waals surface area contributed by atoms with Gasteiger partial charge in [-0.15, -0.1) is 10.2 Å². The van der Waals surface area contributed by atoms with Gasteiger partial charge in [0.05, 0.1) is 6.54 Å². The third kappa shape index (κ3) is 3.26. The molecule has 0 bridgehead atoms. The van der Waals surface area contributed by atoms with Crippen LogP contribution < -0.4 is 0 Å². The molecular weight excluding hydrogens is 361 g/mol. The summed E-state index contributed by atoms with van der Waals surface area (Å²) in [5.41, 5.74) is 0.405. The van der Waals surface area contributed by atoms with Crippen LogP contribution in [0.5, 0.6) is 0 Å². The Kier molecular flexibility index (Phi) is 4.42. The number of piperidine rings is 1. The summed E-state index contributed by atoms with van der Waals surface area (Å²) in [6.07, 6.45) is 5.83. The first-order valence-electron chi connectivity index (χ1n) is 8.62. The predicted octanol–water partition coefficient (Wildman–Crippen LogP) is 2.81. The fourth-order valence-electron chi connectivity index (χ4n) is 3.18. The van der Waals surface area contributed by atoms with Crippen molar-refractivity contribution in [1.29, 1.82) is 10.5 Å². The molecule has 1 aliphatic heterocycles. The van der Waals surface area contributed by atoms with Crippen molar-refractivity contribution >= 4 is 0 Å². The van der Waals surface area contributed by atoms with Crippen molar-refractivity contribution in [3.05, 3.63) is 48.2 Å². The lowest BCUT2D eigenvalue weighted by atomic mass is 9.95. The number of likely N-dealkylation sites (tertiary alicyclic amines) is 1. The zero-order valence-corrected chi connectivity index (χ0v) is 14.7. The van der Waals surface area contributed by atoms with E-state index in [1.807, 2.05) is 12.3 Å². The second kappa shape index (κ2) is 7.05. The number of hydrogen-bond acceptors (Lipinski definition) is 8. The van der Waals surface area contributed by atoms with Crippen molar-refractivity contribution in [3.8, 4) is 35.0 Å². The zero-order chi connectivity index (χ0) is 19.6. The Bertz CT molecular complexity index is 1100. The standard InChI is InChI=1S/C19H14FN7O/c20-19(4-1-7-27(11-19)12-22)18-26-25-17(28-18)16-9-14(3-6-24-16)13-2-5-23-15(8-13)10-21/h2-3,5-6,8-9H,1,4,7,11H2. The highest BCUT2D eigenvalue weighted by Crippen LogP contribution is 2.36. The van der Waals surface area contributed by atoms with E-state index in [4.69, 9.17) is 14.9 Å². The molecule has 4 rings (SSSR count). The van der Waals surface area contributed by atoms with Crippen molar-refractivity contribution in [3.63, 3.8) is 0 Å². The minimum atomic E-state index is -1.86. The van der Waals surface area contributed by atoms with E-state index < -0.39 is 5.67 Å². The van der Waals surface area contributed by atoms with E-state index in [-0.39, 0.29) is 24.7 Å². The van der Waals surface area contributed by atoms with Crippen LogP contribution in [0.2, 0.25) is 0 Å². The summed E-state index contributed by atoms with van der Waals surface area (Å²) in [6.45, 7) is 0.413. The van der Waals surface area contributed by atoms with Crippen LogP contribution in [0.1, 0.15) is 24.4 Å². The highest BCUT2D eigenvalue weighted by atomic mass is 19.1. The molecule has 1 unspecified atom stereocenters. The molecule has 0 amide bonds. The molecule has 8 nitrogen and oxygen atoms in total. The number of nitrogens with zero attached hydrogens (tertiary/aromatic N) is 7. The van der Waals surface area contributed by atoms with Gasteiger partial charge >= 0.3 is 0 Å². The Balaban J connectivity index is 1.64. The molecule has 0 spiro atoms. The number of hydrogen-bond donors (Lipinski definition) is 0. The number of pyridine rings is 2. The average Bonchev–Trinajstić information content (AvgIpc) is 3.25. The van der Waals surface area contributed by atoms with Gasteiger partial charge in [-0.05, 0) is 48.2 Å². The SMILES string of the molecule is N#Cc1cc(-c2ccnc(-c3nnc(C4(F)CCCN(C#N)C4)o3)c2)ccn1. The molecule has 3 aromatic rings. The first-order valence-corrected chi connectivity index (χ1v) is 8.62. The maximum absolute atomic E-state index is 15.3. The van der Waals surface area contributed by atoms with Crippen molar-refractivity contribution in [2.45, 2.75) is 18.5 Å². The number of nitriles is 2. The monoisotopic (exact) mass is 375 g/mol. The van der Waals surface area contributed by atoms with Crippen LogP contribution in [-0.2, 0) is 5.67 Å². The first kappa shape index (κ1) is 17.6. The van der Waals surface area contributed by atoms with Crippen molar-refractivity contribution in [2.75, 3.05) is 13.1 Å². The highest BCUT2D eigenvalue weighted by molar-refractivity contribution is 5.67. The van der Waals surface area contributed by atoms with Crippen LogP contribution in [0.15, 0.2) is 41.1 Å². The van der Waals surface area contributed by atoms with Gasteiger partial charge < -0.3 is 9.32 Å². The molecule has 0 saturated carbocycles. The van der Waals surface area contributed by atoms with Gasteiger partial charge in [-0.25, -0.2) is 9.37 Å². The summed E-state index contributed by atoms with van der Waals surface area (Å²) in [5, 5.41) is 25.9. The molecule has 0 radical (unpaired) electrons. The molecule has 4 heterocycles. The summed E-state index contributed by atoms with van der Waals surface area (Å²) < 4.78 is 20.8. The fraction of sp³-hybridized carbons (Fsp3) is 0.263. The summed E-state index contributed by atoms with van der Waals surface area (Å²) in [6, 6.07) is 8.93. The Morgan fingerprint density at radius 1 is 1.11 bits per heavy atom. The van der Waals surface area contributed by atoms with Crippen molar-refractivity contribution in [2.24, 2.45) is 0 Å². The maximum Gasteiger partial charge on any atom is 0.266 e. The molecule has 1 saturated heterocycles. The largest absolute Gasteiger partial charge is 0.416 e. The molecule has 0 aliphatic carbocycles. The van der Waals surface area contributed by atoms with Crippen LogP contribution >= 0.6 is 0 Å². The summed E-state index contributed by atoms with van der Waals surface area (Å²) in [7, 11) is 0. The summed E-state index contributed by atoms with van der Waals surface area (Å²) in [4.78, 5) is 9.53. The molecule has 0 N–H and O–H groups in total. The Labute approximate surface area is 159 Å². The van der Waals surface area contributed by atoms with Gasteiger partial charge in [0.25, 0.3) is 11.8 Å². The van der Waals surface area contributed by atoms with Gasteiger partial charge in [0.15, 0.2) is 6.19 Å². The molecule has 138 valence electrons. The molecule has 1 fully saturated rings. The van der Waals surface area contributed by atoms with E-state index in [9.17, 15) is 0 Å². The zero-order valence-electron chi connectivity index (χ0n) is 14.7. The van der Waals surface area contributed by atoms with Crippen molar-refractivity contribution < 1.29 is 8.81 Å².